The number of carbonyl (C=O) groups excluding carboxylic acids is 1. The largest absolute Gasteiger partial charge is 0.490 e. The van der Waals surface area contributed by atoms with Crippen molar-refractivity contribution in [3.05, 3.63) is 65.0 Å². The molecule has 0 radical (unpaired) electrons. The average molecular weight is 469 g/mol. The van der Waals surface area contributed by atoms with Crippen molar-refractivity contribution in [3.8, 4) is 0 Å². The molecule has 0 spiro atoms. The number of nitrogens with two attached hydrogens (primary N) is 1. The molecule has 1 aliphatic carbocycles. The molecule has 2 aliphatic rings. The lowest BCUT2D eigenvalue weighted by molar-refractivity contribution is -0.192. The number of carboxylic acid groups (broad SMARTS) is 1. The Kier molecular flexibility index (Phi) is 7.23. The molecule has 0 saturated carbocycles. The predicted octanol–water partition coefficient (Wildman–Crippen LogP) is 2.34. The van der Waals surface area contributed by atoms with Crippen LogP contribution >= 0.6 is 0 Å². The predicted molar refractivity (Wildman–Crippen MR) is 111 cm³/mol. The van der Waals surface area contributed by atoms with Crippen LogP contribution in [0.5, 0.6) is 0 Å². The van der Waals surface area contributed by atoms with Crippen LogP contribution in [0.2, 0.25) is 0 Å². The molecular weight excluding hydrogens is 446 g/mol. The van der Waals surface area contributed by atoms with Crippen molar-refractivity contribution in [2.24, 2.45) is 5.73 Å². The lowest BCUT2D eigenvalue weighted by atomic mass is 10.1. The van der Waals surface area contributed by atoms with Gasteiger partial charge in [-0.1, -0.05) is 24.3 Å². The van der Waals surface area contributed by atoms with Crippen LogP contribution in [0.25, 0.3) is 0 Å². The van der Waals surface area contributed by atoms with Crippen LogP contribution in [0.3, 0.4) is 0 Å². The first kappa shape index (κ1) is 24.5. The van der Waals surface area contributed by atoms with E-state index in [0.29, 0.717) is 18.8 Å². The number of halogens is 4. The summed E-state index contributed by atoms with van der Waals surface area (Å²) in [7, 11) is 0. The zero-order valence-corrected chi connectivity index (χ0v) is 17.4. The molecule has 4 N–H and O–H groups in total. The third-order valence-corrected chi connectivity index (χ3v) is 5.76. The van der Waals surface area contributed by atoms with E-state index in [9.17, 15) is 27.5 Å². The standard InChI is InChI=1S/C20H22FN3O2.C2HF3O2/c21-14-5-6-17(16(12-14)20(22)26)23-7-9-24(10-8-23)18-11-13-3-1-2-4-15(13)19(18)25;3-2(4,5)1(6)7/h1-6,12,18-19,25H,7-11H2,(H2,22,26);(H,6,7)/t18?,19-;/m0./s1. The fraction of sp³-hybridized carbons (Fsp3) is 0.364. The third-order valence-electron chi connectivity index (χ3n) is 5.76. The van der Waals surface area contributed by atoms with Gasteiger partial charge in [0.05, 0.1) is 11.7 Å². The van der Waals surface area contributed by atoms with Gasteiger partial charge in [-0.25, -0.2) is 9.18 Å². The molecular formula is C22H23F4N3O4. The molecule has 33 heavy (non-hydrogen) atoms. The van der Waals surface area contributed by atoms with Crippen molar-refractivity contribution in [2.45, 2.75) is 24.7 Å². The van der Waals surface area contributed by atoms with E-state index in [0.717, 1.165) is 25.1 Å². The third kappa shape index (κ3) is 5.60. The van der Waals surface area contributed by atoms with E-state index in [-0.39, 0.29) is 11.6 Å². The summed E-state index contributed by atoms with van der Waals surface area (Å²) < 4.78 is 45.2. The van der Waals surface area contributed by atoms with Crippen LogP contribution in [0, 0.1) is 5.82 Å². The number of alkyl halides is 3. The quantitative estimate of drug-likeness (QED) is 0.596. The van der Waals surface area contributed by atoms with Gasteiger partial charge in [-0.15, -0.1) is 0 Å². The Morgan fingerprint density at radius 1 is 1.03 bits per heavy atom. The summed E-state index contributed by atoms with van der Waals surface area (Å²) in [5, 5.41) is 17.8. The highest BCUT2D eigenvalue weighted by atomic mass is 19.4. The molecule has 1 aliphatic heterocycles. The second-order valence-corrected chi connectivity index (χ2v) is 7.77. The van der Waals surface area contributed by atoms with E-state index in [4.69, 9.17) is 15.6 Å². The molecule has 1 heterocycles. The first-order valence-corrected chi connectivity index (χ1v) is 10.1. The molecule has 0 bridgehead atoms. The monoisotopic (exact) mass is 469 g/mol. The summed E-state index contributed by atoms with van der Waals surface area (Å²) >= 11 is 0. The zero-order valence-electron chi connectivity index (χ0n) is 17.4. The second-order valence-electron chi connectivity index (χ2n) is 7.77. The Labute approximate surface area is 187 Å². The highest BCUT2D eigenvalue weighted by Gasteiger charge is 2.38. The van der Waals surface area contributed by atoms with Gasteiger partial charge in [-0.05, 0) is 35.7 Å². The van der Waals surface area contributed by atoms with Crippen LogP contribution in [-0.4, -0.2) is 65.4 Å². The van der Waals surface area contributed by atoms with Crippen molar-refractivity contribution in [1.29, 1.82) is 0 Å². The minimum atomic E-state index is -5.08. The van der Waals surface area contributed by atoms with Crippen molar-refractivity contribution >= 4 is 17.6 Å². The highest BCUT2D eigenvalue weighted by molar-refractivity contribution is 5.98. The number of carbonyl (C=O) groups is 2. The fourth-order valence-electron chi connectivity index (χ4n) is 4.16. The van der Waals surface area contributed by atoms with E-state index in [1.165, 1.54) is 17.7 Å². The number of carboxylic acids is 1. The molecule has 2 atom stereocenters. The van der Waals surface area contributed by atoms with E-state index in [2.05, 4.69) is 15.9 Å². The number of aliphatic hydroxyl groups is 1. The summed E-state index contributed by atoms with van der Waals surface area (Å²) in [6.45, 7) is 2.94. The smallest absolute Gasteiger partial charge is 0.475 e. The van der Waals surface area contributed by atoms with Gasteiger partial charge in [0.2, 0.25) is 0 Å². The average Bonchev–Trinajstić information content (AvgIpc) is 3.10. The van der Waals surface area contributed by atoms with Gasteiger partial charge >= 0.3 is 12.1 Å². The first-order chi connectivity index (χ1) is 15.5. The maximum absolute atomic E-state index is 13.5. The summed E-state index contributed by atoms with van der Waals surface area (Å²) in [5.74, 6) is -3.84. The Hall–Kier alpha value is -3.18. The molecule has 1 saturated heterocycles. The SMILES string of the molecule is NC(=O)c1cc(F)ccc1N1CCN(C2Cc3ccccc3[C@@H]2O)CC1.O=C(O)C(F)(F)F. The van der Waals surface area contributed by atoms with Gasteiger partial charge in [-0.3, -0.25) is 9.69 Å². The van der Waals surface area contributed by atoms with E-state index >= 15 is 0 Å². The van der Waals surface area contributed by atoms with Crippen molar-refractivity contribution < 1.29 is 37.4 Å². The van der Waals surface area contributed by atoms with E-state index in [1.807, 2.05) is 18.2 Å². The van der Waals surface area contributed by atoms with Crippen LogP contribution in [0.4, 0.5) is 23.2 Å². The topological polar surface area (TPSA) is 107 Å². The number of piperazine rings is 1. The molecule has 2 aromatic carbocycles. The summed E-state index contributed by atoms with van der Waals surface area (Å²) in [6, 6.07) is 12.3. The number of fused-ring (bicyclic) bond motifs is 1. The zero-order chi connectivity index (χ0) is 24.3. The Morgan fingerprint density at radius 3 is 2.18 bits per heavy atom. The molecule has 1 unspecified atom stereocenters. The van der Waals surface area contributed by atoms with Gasteiger partial charge < -0.3 is 20.8 Å². The molecule has 2 aromatic rings. The molecule has 4 rings (SSSR count). The van der Waals surface area contributed by atoms with Crippen LogP contribution in [0.15, 0.2) is 42.5 Å². The Balaban J connectivity index is 0.000000383. The van der Waals surface area contributed by atoms with Gasteiger partial charge in [-0.2, -0.15) is 13.2 Å². The number of anilines is 1. The number of rotatable bonds is 3. The van der Waals surface area contributed by atoms with Crippen molar-refractivity contribution in [3.63, 3.8) is 0 Å². The maximum Gasteiger partial charge on any atom is 0.490 e. The summed E-state index contributed by atoms with van der Waals surface area (Å²) in [6.07, 6.45) is -4.70. The Morgan fingerprint density at radius 2 is 1.64 bits per heavy atom. The van der Waals surface area contributed by atoms with Gasteiger partial charge in [0.15, 0.2) is 0 Å². The van der Waals surface area contributed by atoms with Gasteiger partial charge in [0.1, 0.15) is 5.82 Å². The maximum atomic E-state index is 13.5. The van der Waals surface area contributed by atoms with Crippen molar-refractivity contribution in [2.75, 3.05) is 31.1 Å². The van der Waals surface area contributed by atoms with E-state index in [1.54, 1.807) is 6.07 Å². The minimum absolute atomic E-state index is 0.0818. The van der Waals surface area contributed by atoms with Crippen molar-refractivity contribution in [1.82, 2.24) is 4.90 Å². The summed E-state index contributed by atoms with van der Waals surface area (Å²) in [5.41, 5.74) is 8.53. The van der Waals surface area contributed by atoms with Gasteiger partial charge in [0, 0.05) is 37.9 Å². The normalized spacial score (nSPS) is 20.6. The lowest BCUT2D eigenvalue weighted by Gasteiger charge is -2.40. The molecule has 1 fully saturated rings. The highest BCUT2D eigenvalue weighted by Crippen LogP contribution is 2.35. The number of hydrogen-bond acceptors (Lipinski definition) is 5. The molecule has 0 aromatic heterocycles. The van der Waals surface area contributed by atoms with Crippen LogP contribution < -0.4 is 10.6 Å². The molecule has 178 valence electrons. The van der Waals surface area contributed by atoms with Crippen LogP contribution in [0.1, 0.15) is 27.6 Å². The molecule has 11 heteroatoms. The van der Waals surface area contributed by atoms with Gasteiger partial charge in [0.25, 0.3) is 5.91 Å². The fourth-order valence-corrected chi connectivity index (χ4v) is 4.16. The Bertz CT molecular complexity index is 1020. The minimum Gasteiger partial charge on any atom is -0.475 e. The number of hydrogen-bond donors (Lipinski definition) is 3. The lowest BCUT2D eigenvalue weighted by Crippen LogP contribution is -2.52. The van der Waals surface area contributed by atoms with Crippen LogP contribution in [-0.2, 0) is 11.2 Å². The first-order valence-electron chi connectivity index (χ1n) is 10.1. The number of primary amides is 1. The number of aliphatic hydroxyl groups excluding tert-OH is 1. The molecule has 7 nitrogen and oxygen atoms in total. The molecule has 1 amide bonds. The number of benzene rings is 2. The summed E-state index contributed by atoms with van der Waals surface area (Å²) in [4.78, 5) is 24.9. The number of amides is 1. The number of nitrogens with zero attached hydrogens (tertiary/aromatic N) is 2. The van der Waals surface area contributed by atoms with E-state index < -0.39 is 30.0 Å². The second kappa shape index (κ2) is 9.75. The number of aliphatic carboxylic acids is 1.